The number of nitrogens with one attached hydrogen (secondary N) is 1. The van der Waals surface area contributed by atoms with Gasteiger partial charge in [-0.15, -0.1) is 5.10 Å². The molecule has 2 aromatic heterocycles. The third-order valence-corrected chi connectivity index (χ3v) is 7.23. The molecule has 1 aliphatic heterocycles. The van der Waals surface area contributed by atoms with Crippen molar-refractivity contribution in [3.8, 4) is 5.75 Å². The van der Waals surface area contributed by atoms with E-state index in [0.717, 1.165) is 29.6 Å². The van der Waals surface area contributed by atoms with Crippen molar-refractivity contribution in [2.24, 2.45) is 0 Å². The fraction of sp³-hybridized carbons (Fsp3) is 0.241. The Balaban J connectivity index is 1.39. The van der Waals surface area contributed by atoms with E-state index < -0.39 is 6.04 Å². The number of hydrogen-bond acceptors (Lipinski definition) is 7. The molecule has 6 rings (SSSR count). The second kappa shape index (κ2) is 10.7. The summed E-state index contributed by atoms with van der Waals surface area (Å²) < 4.78 is 20.6. The number of anilines is 1. The molecule has 39 heavy (non-hydrogen) atoms. The van der Waals surface area contributed by atoms with Crippen molar-refractivity contribution in [2.45, 2.75) is 12.6 Å². The highest BCUT2D eigenvalue weighted by molar-refractivity contribution is 5.80. The van der Waals surface area contributed by atoms with Gasteiger partial charge in [0.25, 0.3) is 5.56 Å². The van der Waals surface area contributed by atoms with E-state index in [1.807, 2.05) is 42.5 Å². The second-order valence-corrected chi connectivity index (χ2v) is 9.59. The van der Waals surface area contributed by atoms with Crippen LogP contribution >= 0.6 is 0 Å². The predicted molar refractivity (Wildman–Crippen MR) is 147 cm³/mol. The Hall–Kier alpha value is -4.57. The van der Waals surface area contributed by atoms with Crippen molar-refractivity contribution >= 4 is 16.6 Å². The summed E-state index contributed by atoms with van der Waals surface area (Å²) in [5.41, 5.74) is 3.11. The predicted octanol–water partition coefficient (Wildman–Crippen LogP) is 3.62. The van der Waals surface area contributed by atoms with Crippen molar-refractivity contribution in [1.82, 2.24) is 30.1 Å². The molecule has 5 aromatic rings. The molecule has 0 bridgehead atoms. The smallest absolute Gasteiger partial charge is 0.253 e. The van der Waals surface area contributed by atoms with E-state index in [9.17, 15) is 9.18 Å². The number of hydrogen-bond donors (Lipinski definition) is 1. The second-order valence-electron chi connectivity index (χ2n) is 9.59. The highest BCUT2D eigenvalue weighted by atomic mass is 19.1. The number of halogens is 1. The van der Waals surface area contributed by atoms with Gasteiger partial charge < -0.3 is 14.6 Å². The van der Waals surface area contributed by atoms with Crippen LogP contribution in [0.3, 0.4) is 0 Å². The fourth-order valence-corrected chi connectivity index (χ4v) is 5.19. The highest BCUT2D eigenvalue weighted by Crippen LogP contribution is 2.30. The molecule has 0 amide bonds. The minimum atomic E-state index is -0.488. The van der Waals surface area contributed by atoms with Crippen molar-refractivity contribution in [2.75, 3.05) is 38.2 Å². The van der Waals surface area contributed by atoms with Crippen LogP contribution in [0.15, 0.2) is 83.7 Å². The highest BCUT2D eigenvalue weighted by Gasteiger charge is 2.33. The Morgan fingerprint density at radius 3 is 2.49 bits per heavy atom. The lowest BCUT2D eigenvalue weighted by Crippen LogP contribution is -2.49. The molecule has 3 aromatic carbocycles. The molecule has 3 heterocycles. The molecular weight excluding hydrogens is 497 g/mol. The van der Waals surface area contributed by atoms with Gasteiger partial charge >= 0.3 is 0 Å². The van der Waals surface area contributed by atoms with Crippen LogP contribution in [0, 0.1) is 5.82 Å². The average molecular weight is 526 g/mol. The number of pyridine rings is 1. The standard InChI is InChI=1S/C29H28FN7O2/c1-39-24-11-12-26-21(17-24)18-25(29(38)31-26)27(36-15-13-35(14-16-36)23-5-3-2-4-6-23)28-32-33-34-37(28)19-20-7-9-22(30)10-8-20/h2-12,17-18,27H,13-16,19H2,1H3,(H,31,38). The first-order valence-electron chi connectivity index (χ1n) is 12.8. The summed E-state index contributed by atoms with van der Waals surface area (Å²) in [4.78, 5) is 21.1. The molecule has 1 unspecified atom stereocenters. The van der Waals surface area contributed by atoms with Crippen LogP contribution in [0.25, 0.3) is 10.9 Å². The zero-order valence-electron chi connectivity index (χ0n) is 21.5. The lowest BCUT2D eigenvalue weighted by atomic mass is 10.0. The first-order chi connectivity index (χ1) is 19.1. The van der Waals surface area contributed by atoms with Crippen LogP contribution < -0.4 is 15.2 Å². The zero-order chi connectivity index (χ0) is 26.8. The van der Waals surface area contributed by atoms with Gasteiger partial charge in [0.05, 0.1) is 13.7 Å². The maximum absolute atomic E-state index is 13.5. The number of aromatic amines is 1. The Kier molecular flexibility index (Phi) is 6.76. The largest absolute Gasteiger partial charge is 0.497 e. The Bertz CT molecular complexity index is 1630. The van der Waals surface area contributed by atoms with Crippen LogP contribution in [-0.4, -0.2) is 63.4 Å². The summed E-state index contributed by atoms with van der Waals surface area (Å²) in [7, 11) is 1.62. The first kappa shape index (κ1) is 24.7. The Labute approximate surface area is 224 Å². The van der Waals surface area contributed by atoms with Gasteiger partial charge in [0.15, 0.2) is 5.82 Å². The van der Waals surface area contributed by atoms with Gasteiger partial charge in [0, 0.05) is 48.3 Å². The molecule has 0 spiro atoms. The number of ether oxygens (including phenoxy) is 1. The monoisotopic (exact) mass is 525 g/mol. The lowest BCUT2D eigenvalue weighted by molar-refractivity contribution is 0.200. The summed E-state index contributed by atoms with van der Waals surface area (Å²) in [5.74, 6) is 0.956. The number of methoxy groups -OCH3 is 1. The molecule has 1 fully saturated rings. The molecule has 1 saturated heterocycles. The average Bonchev–Trinajstić information content (AvgIpc) is 3.42. The SMILES string of the molecule is COc1ccc2[nH]c(=O)c(C(c3nnnn3Cc3ccc(F)cc3)N3CCN(c4ccccc4)CC3)cc2c1. The van der Waals surface area contributed by atoms with Crippen LogP contribution in [0.2, 0.25) is 0 Å². The fourth-order valence-electron chi connectivity index (χ4n) is 5.19. The van der Waals surface area contributed by atoms with Crippen LogP contribution in [0.5, 0.6) is 5.75 Å². The van der Waals surface area contributed by atoms with E-state index in [-0.39, 0.29) is 11.4 Å². The summed E-state index contributed by atoms with van der Waals surface area (Å²) >= 11 is 0. The maximum Gasteiger partial charge on any atom is 0.253 e. The van der Waals surface area contributed by atoms with Gasteiger partial charge in [-0.2, -0.15) is 0 Å². The van der Waals surface area contributed by atoms with Crippen LogP contribution in [-0.2, 0) is 6.54 Å². The van der Waals surface area contributed by atoms with Gasteiger partial charge in [-0.05, 0) is 64.5 Å². The lowest BCUT2D eigenvalue weighted by Gasteiger charge is -2.39. The van der Waals surface area contributed by atoms with E-state index >= 15 is 0 Å². The molecule has 198 valence electrons. The van der Waals surface area contributed by atoms with Crippen LogP contribution in [0.4, 0.5) is 10.1 Å². The zero-order valence-corrected chi connectivity index (χ0v) is 21.5. The molecule has 0 saturated carbocycles. The summed E-state index contributed by atoms with van der Waals surface area (Å²) in [6.45, 7) is 3.35. The van der Waals surface area contributed by atoms with Crippen molar-refractivity contribution in [3.05, 3.63) is 112 Å². The first-order valence-corrected chi connectivity index (χ1v) is 12.8. The van der Waals surface area contributed by atoms with Crippen LogP contribution in [0.1, 0.15) is 23.0 Å². The summed E-state index contributed by atoms with van der Waals surface area (Å²) in [6.07, 6.45) is 0. The summed E-state index contributed by atoms with van der Waals surface area (Å²) in [5, 5.41) is 13.5. The number of piperazine rings is 1. The number of H-pyrrole nitrogens is 1. The van der Waals surface area contributed by atoms with Gasteiger partial charge in [-0.25, -0.2) is 9.07 Å². The molecule has 0 radical (unpaired) electrons. The minimum Gasteiger partial charge on any atom is -0.497 e. The molecule has 1 atom stereocenters. The maximum atomic E-state index is 13.5. The molecule has 1 N–H and O–H groups in total. The van der Waals surface area contributed by atoms with E-state index in [1.165, 1.54) is 17.8 Å². The van der Waals surface area contributed by atoms with E-state index in [1.54, 1.807) is 23.9 Å². The third kappa shape index (κ3) is 5.10. The van der Waals surface area contributed by atoms with E-state index in [4.69, 9.17) is 4.74 Å². The van der Waals surface area contributed by atoms with Gasteiger partial charge in [-0.3, -0.25) is 9.69 Å². The molecule has 10 heteroatoms. The Morgan fingerprint density at radius 1 is 0.974 bits per heavy atom. The topological polar surface area (TPSA) is 92.2 Å². The normalized spacial score (nSPS) is 15.0. The number of benzene rings is 3. The molecule has 0 aliphatic carbocycles. The number of nitrogens with zero attached hydrogens (tertiary/aromatic N) is 6. The molecule has 1 aliphatic rings. The van der Waals surface area contributed by atoms with Crippen molar-refractivity contribution in [1.29, 1.82) is 0 Å². The minimum absolute atomic E-state index is 0.195. The number of tetrazole rings is 1. The number of para-hydroxylation sites is 1. The van der Waals surface area contributed by atoms with Crippen molar-refractivity contribution in [3.63, 3.8) is 0 Å². The number of fused-ring (bicyclic) bond motifs is 1. The molecule has 9 nitrogen and oxygen atoms in total. The van der Waals surface area contributed by atoms with Gasteiger partial charge in [0.2, 0.25) is 0 Å². The van der Waals surface area contributed by atoms with Crippen molar-refractivity contribution < 1.29 is 9.13 Å². The summed E-state index contributed by atoms with van der Waals surface area (Å²) in [6, 6.07) is 23.5. The molecular formula is C29H28FN7O2. The number of rotatable bonds is 7. The van der Waals surface area contributed by atoms with Gasteiger partial charge in [-0.1, -0.05) is 30.3 Å². The quantitative estimate of drug-likeness (QED) is 0.347. The third-order valence-electron chi connectivity index (χ3n) is 7.23. The Morgan fingerprint density at radius 2 is 1.74 bits per heavy atom. The van der Waals surface area contributed by atoms with E-state index in [2.05, 4.69) is 42.4 Å². The van der Waals surface area contributed by atoms with E-state index in [0.29, 0.717) is 36.8 Å². The van der Waals surface area contributed by atoms with Gasteiger partial charge in [0.1, 0.15) is 17.6 Å². The number of aromatic nitrogens is 5.